The molecule has 11 nitrogen and oxygen atoms in total. The number of carbonyl (C=O) groups is 1. The van der Waals surface area contributed by atoms with E-state index >= 15 is 0 Å². The standard InChI is InChI=1S/C23H38O11/c1-2-3-8-30-9-10-31-11-12-32-13-14-33-20-7-5-4-6-17(20)23(29)34-22(19(27)16-25)21(28)18(26)15-24/h4-7,18-19,21-22,24-28H,2-3,8-16H2,1H3/t18-,19-,21-,22-/m1/s1. The van der Waals surface area contributed by atoms with Crippen LogP contribution in [0.25, 0.3) is 0 Å². The van der Waals surface area contributed by atoms with E-state index in [1.807, 2.05) is 0 Å². The number of carbonyl (C=O) groups excluding carboxylic acids is 1. The quantitative estimate of drug-likeness (QED) is 0.118. The van der Waals surface area contributed by atoms with E-state index in [4.69, 9.17) is 28.8 Å². The maximum absolute atomic E-state index is 12.6. The summed E-state index contributed by atoms with van der Waals surface area (Å²) in [6.07, 6.45) is -4.72. The summed E-state index contributed by atoms with van der Waals surface area (Å²) in [4.78, 5) is 12.6. The van der Waals surface area contributed by atoms with Crippen LogP contribution in [0, 0.1) is 0 Å². The Labute approximate surface area is 199 Å². The zero-order valence-corrected chi connectivity index (χ0v) is 19.6. The third kappa shape index (κ3) is 11.5. The predicted octanol–water partition coefficient (Wildman–Crippen LogP) is -0.492. The Bertz CT molecular complexity index is 658. The summed E-state index contributed by atoms with van der Waals surface area (Å²) in [5.41, 5.74) is 0.00901. The molecule has 0 unspecified atom stereocenters. The van der Waals surface area contributed by atoms with Crippen molar-refractivity contribution in [3.8, 4) is 5.75 Å². The molecule has 0 heterocycles. The Balaban J connectivity index is 2.45. The lowest BCUT2D eigenvalue weighted by molar-refractivity contribution is -0.128. The molecule has 0 saturated heterocycles. The molecule has 1 rings (SSSR count). The second kappa shape index (κ2) is 18.5. The first kappa shape index (κ1) is 30.2. The predicted molar refractivity (Wildman–Crippen MR) is 121 cm³/mol. The molecule has 4 atom stereocenters. The van der Waals surface area contributed by atoms with Crippen LogP contribution in [0.5, 0.6) is 5.75 Å². The van der Waals surface area contributed by atoms with Crippen LogP contribution in [0.15, 0.2) is 24.3 Å². The average Bonchev–Trinajstić information content (AvgIpc) is 2.86. The second-order valence-electron chi connectivity index (χ2n) is 7.40. The summed E-state index contributed by atoms with van der Waals surface area (Å²) < 4.78 is 26.9. The summed E-state index contributed by atoms with van der Waals surface area (Å²) in [5, 5.41) is 47.7. The molecule has 0 amide bonds. The van der Waals surface area contributed by atoms with Crippen LogP contribution in [0.4, 0.5) is 0 Å². The highest BCUT2D eigenvalue weighted by Gasteiger charge is 2.35. The summed E-state index contributed by atoms with van der Waals surface area (Å²) in [6, 6.07) is 6.18. The fraction of sp³-hybridized carbons (Fsp3) is 0.696. The molecule has 0 aromatic heterocycles. The molecule has 0 aliphatic heterocycles. The van der Waals surface area contributed by atoms with Gasteiger partial charge in [0.1, 0.15) is 36.2 Å². The van der Waals surface area contributed by atoms with Gasteiger partial charge >= 0.3 is 5.97 Å². The SMILES string of the molecule is CCCCOCCOCCOCCOc1ccccc1C(=O)O[C@@H]([C@H](O)[C@H](O)CO)[C@H](O)CO. The first-order valence-corrected chi connectivity index (χ1v) is 11.4. The van der Waals surface area contributed by atoms with Crippen LogP contribution in [-0.2, 0) is 18.9 Å². The van der Waals surface area contributed by atoms with Gasteiger partial charge in [-0.25, -0.2) is 4.79 Å². The Kier molecular flexibility index (Phi) is 16.4. The minimum absolute atomic E-state index is 0.00901. The highest BCUT2D eigenvalue weighted by molar-refractivity contribution is 5.92. The van der Waals surface area contributed by atoms with Crippen LogP contribution in [0.2, 0.25) is 0 Å². The third-order valence-corrected chi connectivity index (χ3v) is 4.71. The minimum atomic E-state index is -1.82. The molecule has 1 aromatic rings. The highest BCUT2D eigenvalue weighted by atomic mass is 16.6. The zero-order chi connectivity index (χ0) is 25.2. The number of benzene rings is 1. The van der Waals surface area contributed by atoms with E-state index in [2.05, 4.69) is 6.92 Å². The van der Waals surface area contributed by atoms with E-state index in [-0.39, 0.29) is 24.5 Å². The van der Waals surface area contributed by atoms with Gasteiger partial charge in [-0.3, -0.25) is 0 Å². The maximum Gasteiger partial charge on any atom is 0.342 e. The number of aliphatic hydroxyl groups excluding tert-OH is 5. The first-order valence-electron chi connectivity index (χ1n) is 11.4. The van der Waals surface area contributed by atoms with Crippen LogP contribution in [0.1, 0.15) is 30.1 Å². The molecule has 0 aliphatic rings. The van der Waals surface area contributed by atoms with Crippen LogP contribution >= 0.6 is 0 Å². The lowest BCUT2D eigenvalue weighted by Crippen LogP contribution is -2.49. The summed E-state index contributed by atoms with van der Waals surface area (Å²) in [5.74, 6) is -0.765. The number of aliphatic hydroxyl groups is 5. The highest BCUT2D eigenvalue weighted by Crippen LogP contribution is 2.21. The lowest BCUT2D eigenvalue weighted by atomic mass is 10.0. The van der Waals surface area contributed by atoms with Crippen molar-refractivity contribution >= 4 is 5.97 Å². The number of esters is 1. The lowest BCUT2D eigenvalue weighted by Gasteiger charge is -2.28. The molecule has 34 heavy (non-hydrogen) atoms. The number of para-hydroxylation sites is 1. The summed E-state index contributed by atoms with van der Waals surface area (Å²) in [7, 11) is 0. The minimum Gasteiger partial charge on any atom is -0.490 e. The number of rotatable bonds is 20. The summed E-state index contributed by atoms with van der Waals surface area (Å²) >= 11 is 0. The van der Waals surface area contributed by atoms with Gasteiger partial charge in [0, 0.05) is 6.61 Å². The van der Waals surface area contributed by atoms with Gasteiger partial charge < -0.3 is 49.2 Å². The van der Waals surface area contributed by atoms with Crippen molar-refractivity contribution in [1.29, 1.82) is 0 Å². The largest absolute Gasteiger partial charge is 0.490 e. The van der Waals surface area contributed by atoms with Gasteiger partial charge in [-0.15, -0.1) is 0 Å². The molecule has 0 saturated carbocycles. The Morgan fingerprint density at radius 1 is 0.824 bits per heavy atom. The van der Waals surface area contributed by atoms with Crippen LogP contribution in [0.3, 0.4) is 0 Å². The molecule has 0 radical (unpaired) electrons. The number of unbranched alkanes of at least 4 members (excludes halogenated alkanes) is 1. The topological polar surface area (TPSA) is 164 Å². The van der Waals surface area contributed by atoms with Gasteiger partial charge in [-0.1, -0.05) is 25.5 Å². The molecular weight excluding hydrogens is 452 g/mol. The van der Waals surface area contributed by atoms with Gasteiger partial charge in [-0.2, -0.15) is 0 Å². The van der Waals surface area contributed by atoms with Gasteiger partial charge in [0.15, 0.2) is 6.10 Å². The summed E-state index contributed by atoms with van der Waals surface area (Å²) in [6.45, 7) is 3.37. The van der Waals surface area contributed by atoms with Crippen molar-refractivity contribution in [3.63, 3.8) is 0 Å². The van der Waals surface area contributed by atoms with Crippen molar-refractivity contribution in [2.45, 2.75) is 44.2 Å². The molecule has 0 bridgehead atoms. The normalized spacial score (nSPS) is 14.9. The molecule has 5 N–H and O–H groups in total. The third-order valence-electron chi connectivity index (χ3n) is 4.71. The van der Waals surface area contributed by atoms with Crippen molar-refractivity contribution in [2.24, 2.45) is 0 Å². The van der Waals surface area contributed by atoms with Crippen LogP contribution in [-0.4, -0.2) is 115 Å². The van der Waals surface area contributed by atoms with Gasteiger partial charge in [0.2, 0.25) is 0 Å². The Hall–Kier alpha value is -1.83. The fourth-order valence-electron chi connectivity index (χ4n) is 2.75. The molecule has 11 heteroatoms. The van der Waals surface area contributed by atoms with Crippen molar-refractivity contribution < 1.29 is 54.0 Å². The van der Waals surface area contributed by atoms with Crippen molar-refractivity contribution in [3.05, 3.63) is 29.8 Å². The Morgan fingerprint density at radius 2 is 1.38 bits per heavy atom. The second-order valence-corrected chi connectivity index (χ2v) is 7.40. The molecule has 1 aromatic carbocycles. The van der Waals surface area contributed by atoms with Crippen LogP contribution < -0.4 is 4.74 Å². The molecular formula is C23H38O11. The Morgan fingerprint density at radius 3 is 1.97 bits per heavy atom. The molecule has 0 spiro atoms. The van der Waals surface area contributed by atoms with Gasteiger partial charge in [0.25, 0.3) is 0 Å². The van der Waals surface area contributed by atoms with Crippen molar-refractivity contribution in [2.75, 3.05) is 59.5 Å². The number of ether oxygens (including phenoxy) is 5. The molecule has 196 valence electrons. The zero-order valence-electron chi connectivity index (χ0n) is 19.6. The van der Waals surface area contributed by atoms with E-state index in [0.29, 0.717) is 26.4 Å². The van der Waals surface area contributed by atoms with E-state index in [0.717, 1.165) is 19.4 Å². The monoisotopic (exact) mass is 490 g/mol. The van der Waals surface area contributed by atoms with E-state index < -0.39 is 43.6 Å². The first-order chi connectivity index (χ1) is 16.5. The fourth-order valence-corrected chi connectivity index (χ4v) is 2.75. The van der Waals surface area contributed by atoms with E-state index in [1.54, 1.807) is 12.1 Å². The molecule has 0 aliphatic carbocycles. The number of hydrogen-bond donors (Lipinski definition) is 5. The van der Waals surface area contributed by atoms with Gasteiger partial charge in [-0.05, 0) is 18.6 Å². The average molecular weight is 491 g/mol. The maximum atomic E-state index is 12.6. The number of hydrogen-bond acceptors (Lipinski definition) is 11. The van der Waals surface area contributed by atoms with E-state index in [9.17, 15) is 25.2 Å². The van der Waals surface area contributed by atoms with E-state index in [1.165, 1.54) is 12.1 Å². The van der Waals surface area contributed by atoms with Crippen molar-refractivity contribution in [1.82, 2.24) is 0 Å². The van der Waals surface area contributed by atoms with Gasteiger partial charge in [0.05, 0.1) is 46.2 Å². The smallest absolute Gasteiger partial charge is 0.342 e. The molecule has 0 fully saturated rings.